The van der Waals surface area contributed by atoms with Crippen LogP contribution in [-0.4, -0.2) is 31.1 Å². The number of nitriles is 1. The third kappa shape index (κ3) is 4.53. The molecule has 0 spiro atoms. The normalized spacial score (nSPS) is 10.4. The molecule has 0 saturated carbocycles. The van der Waals surface area contributed by atoms with Gasteiger partial charge in [-0.05, 0) is 16.8 Å². The summed E-state index contributed by atoms with van der Waals surface area (Å²) in [5, 5.41) is 22.5. The van der Waals surface area contributed by atoms with E-state index >= 15 is 0 Å². The molecule has 11 heteroatoms. The van der Waals surface area contributed by atoms with Crippen molar-refractivity contribution in [2.24, 2.45) is 0 Å². The molecule has 1 amide bonds. The van der Waals surface area contributed by atoms with Crippen molar-refractivity contribution in [1.82, 2.24) is 14.5 Å². The summed E-state index contributed by atoms with van der Waals surface area (Å²) in [6.45, 7) is 3.76. The van der Waals surface area contributed by atoms with Gasteiger partial charge in [0.15, 0.2) is 5.13 Å². The average molecular weight is 366 g/mol. The minimum absolute atomic E-state index is 0.146. The molecule has 0 atom stereocenters. The summed E-state index contributed by atoms with van der Waals surface area (Å²) in [7, 11) is 0. The molecule has 126 valence electrons. The number of carbonyl (C=O) groups is 1. The fourth-order valence-corrected chi connectivity index (χ4v) is 3.69. The number of nitrogens with zero attached hydrogens (tertiary/aromatic N) is 5. The molecule has 0 fully saturated rings. The van der Waals surface area contributed by atoms with E-state index in [2.05, 4.69) is 15.3 Å². The van der Waals surface area contributed by atoms with Crippen LogP contribution in [0.25, 0.3) is 0 Å². The number of thioether (sulfide) groups is 1. The van der Waals surface area contributed by atoms with E-state index in [0.717, 1.165) is 9.90 Å². The Hall–Kier alpha value is -2.45. The van der Waals surface area contributed by atoms with Crippen LogP contribution < -0.4 is 5.32 Å². The first-order chi connectivity index (χ1) is 11.4. The lowest BCUT2D eigenvalue weighted by atomic mass is 10.4. The zero-order valence-corrected chi connectivity index (χ0v) is 14.6. The van der Waals surface area contributed by atoms with Crippen molar-refractivity contribution < 1.29 is 9.72 Å². The van der Waals surface area contributed by atoms with Gasteiger partial charge < -0.3 is 20.0 Å². The minimum Gasteiger partial charge on any atom is -0.358 e. The highest BCUT2D eigenvalue weighted by Crippen LogP contribution is 2.31. The Morgan fingerprint density at radius 3 is 2.92 bits per heavy atom. The number of nitro groups is 1. The van der Waals surface area contributed by atoms with Gasteiger partial charge in [0.25, 0.3) is 0 Å². The SMILES string of the molecule is Cc1nc(NC(=O)CCn2cc([N+](=O)[O-])nc2C)sc1SCC#N. The molecule has 24 heavy (non-hydrogen) atoms. The van der Waals surface area contributed by atoms with E-state index in [4.69, 9.17) is 5.26 Å². The second kappa shape index (κ2) is 7.89. The lowest BCUT2D eigenvalue weighted by Gasteiger charge is -2.02. The Labute approximate surface area is 145 Å². The maximum Gasteiger partial charge on any atom is 0.381 e. The first-order valence-electron chi connectivity index (χ1n) is 6.86. The molecule has 1 N–H and O–H groups in total. The number of carbonyl (C=O) groups excluding carboxylic acids is 1. The van der Waals surface area contributed by atoms with Gasteiger partial charge in [-0.1, -0.05) is 23.1 Å². The molecule has 2 rings (SSSR count). The third-order valence-electron chi connectivity index (χ3n) is 3.00. The van der Waals surface area contributed by atoms with Crippen LogP contribution >= 0.6 is 23.1 Å². The summed E-state index contributed by atoms with van der Waals surface area (Å²) in [5.74, 6) is 0.337. The van der Waals surface area contributed by atoms with Gasteiger partial charge in [0.05, 0.1) is 21.7 Å². The first kappa shape index (κ1) is 17.9. The van der Waals surface area contributed by atoms with E-state index in [0.29, 0.717) is 23.3 Å². The highest BCUT2D eigenvalue weighted by atomic mass is 32.2. The van der Waals surface area contributed by atoms with Crippen LogP contribution in [0, 0.1) is 35.3 Å². The van der Waals surface area contributed by atoms with Gasteiger partial charge in [0.2, 0.25) is 11.7 Å². The Kier molecular flexibility index (Phi) is 5.88. The summed E-state index contributed by atoms with van der Waals surface area (Å²) in [6, 6.07) is 2.04. The number of nitrogens with one attached hydrogen (secondary N) is 1. The van der Waals surface area contributed by atoms with Gasteiger partial charge in [0, 0.05) is 19.9 Å². The maximum atomic E-state index is 12.0. The third-order valence-corrected chi connectivity index (χ3v) is 5.30. The summed E-state index contributed by atoms with van der Waals surface area (Å²) in [6.07, 6.45) is 1.46. The van der Waals surface area contributed by atoms with Crippen LogP contribution in [0.2, 0.25) is 0 Å². The first-order valence-corrected chi connectivity index (χ1v) is 8.66. The van der Waals surface area contributed by atoms with Crippen LogP contribution in [0.4, 0.5) is 10.9 Å². The second-order valence-electron chi connectivity index (χ2n) is 4.73. The number of aromatic nitrogens is 3. The lowest BCUT2D eigenvalue weighted by Crippen LogP contribution is -2.14. The smallest absolute Gasteiger partial charge is 0.358 e. The molecule has 0 aliphatic carbocycles. The van der Waals surface area contributed by atoms with Gasteiger partial charge in [0.1, 0.15) is 6.20 Å². The zero-order chi connectivity index (χ0) is 17.7. The van der Waals surface area contributed by atoms with Crippen molar-refractivity contribution in [3.63, 3.8) is 0 Å². The van der Waals surface area contributed by atoms with Gasteiger partial charge >= 0.3 is 5.82 Å². The van der Waals surface area contributed by atoms with Gasteiger partial charge in [-0.25, -0.2) is 4.98 Å². The number of anilines is 1. The van der Waals surface area contributed by atoms with Crippen molar-refractivity contribution in [3.05, 3.63) is 27.8 Å². The van der Waals surface area contributed by atoms with Crippen molar-refractivity contribution in [2.75, 3.05) is 11.1 Å². The fraction of sp³-hybridized carbons (Fsp3) is 0.385. The number of aryl methyl sites for hydroxylation is 3. The quantitative estimate of drug-likeness (QED) is 0.453. The molecule has 0 aliphatic heterocycles. The monoisotopic (exact) mass is 366 g/mol. The predicted molar refractivity (Wildman–Crippen MR) is 90.1 cm³/mol. The Morgan fingerprint density at radius 1 is 1.54 bits per heavy atom. The van der Waals surface area contributed by atoms with Crippen LogP contribution in [0.5, 0.6) is 0 Å². The Balaban J connectivity index is 1.92. The largest absolute Gasteiger partial charge is 0.381 e. The van der Waals surface area contributed by atoms with Crippen LogP contribution in [0.3, 0.4) is 0 Å². The molecular formula is C13H14N6O3S2. The van der Waals surface area contributed by atoms with Gasteiger partial charge in [-0.2, -0.15) is 5.26 Å². The molecular weight excluding hydrogens is 352 g/mol. The zero-order valence-electron chi connectivity index (χ0n) is 13.0. The summed E-state index contributed by atoms with van der Waals surface area (Å²) in [4.78, 5) is 30.2. The second-order valence-corrected chi connectivity index (χ2v) is 6.98. The van der Waals surface area contributed by atoms with E-state index < -0.39 is 4.92 Å². The molecule has 2 heterocycles. The Bertz CT molecular complexity index is 807. The predicted octanol–water partition coefficient (Wildman–Crippen LogP) is 2.51. The van der Waals surface area contributed by atoms with Gasteiger partial charge in [-0.15, -0.1) is 0 Å². The number of hydrogen-bond donors (Lipinski definition) is 1. The maximum absolute atomic E-state index is 12.0. The Morgan fingerprint density at radius 2 is 2.29 bits per heavy atom. The molecule has 2 aromatic rings. The standard InChI is InChI=1S/C13H14N6O3S2/c1-8-12(23-6-4-14)24-13(15-8)17-11(20)3-5-18-7-10(19(21)22)16-9(18)2/h7H,3,5-6H2,1-2H3,(H,15,17,20). The lowest BCUT2D eigenvalue weighted by molar-refractivity contribution is -0.389. The molecule has 0 aliphatic rings. The molecule has 0 radical (unpaired) electrons. The van der Waals surface area contributed by atoms with Crippen molar-refractivity contribution in [1.29, 1.82) is 5.26 Å². The van der Waals surface area contributed by atoms with E-state index in [1.54, 1.807) is 11.5 Å². The minimum atomic E-state index is -0.567. The highest BCUT2D eigenvalue weighted by molar-refractivity contribution is 8.01. The fourth-order valence-electron chi connectivity index (χ4n) is 1.88. The van der Waals surface area contributed by atoms with Gasteiger partial charge in [-0.3, -0.25) is 4.79 Å². The van der Waals surface area contributed by atoms with Crippen LogP contribution in [0.1, 0.15) is 17.9 Å². The summed E-state index contributed by atoms with van der Waals surface area (Å²) < 4.78 is 2.46. The van der Waals surface area contributed by atoms with E-state index in [1.807, 2.05) is 13.0 Å². The molecule has 0 unspecified atom stereocenters. The molecule has 2 aromatic heterocycles. The number of thiazole rings is 1. The summed E-state index contributed by atoms with van der Waals surface area (Å²) >= 11 is 2.70. The number of imidazole rings is 1. The van der Waals surface area contributed by atoms with Crippen LogP contribution in [-0.2, 0) is 11.3 Å². The number of rotatable bonds is 7. The van der Waals surface area contributed by atoms with E-state index in [1.165, 1.54) is 29.3 Å². The molecule has 0 saturated heterocycles. The van der Waals surface area contributed by atoms with Crippen molar-refractivity contribution in [2.45, 2.75) is 31.0 Å². The van der Waals surface area contributed by atoms with E-state index in [-0.39, 0.29) is 18.1 Å². The molecule has 0 aromatic carbocycles. The molecule has 0 bridgehead atoms. The van der Waals surface area contributed by atoms with Crippen LogP contribution in [0.15, 0.2) is 10.4 Å². The van der Waals surface area contributed by atoms with Crippen molar-refractivity contribution >= 4 is 40.0 Å². The highest BCUT2D eigenvalue weighted by Gasteiger charge is 2.16. The van der Waals surface area contributed by atoms with Crippen molar-refractivity contribution in [3.8, 4) is 6.07 Å². The topological polar surface area (TPSA) is 127 Å². The summed E-state index contributed by atoms with van der Waals surface area (Å²) in [5.41, 5.74) is 0.775. The van der Waals surface area contributed by atoms with E-state index in [9.17, 15) is 14.9 Å². The molecule has 9 nitrogen and oxygen atoms in total. The average Bonchev–Trinajstić information content (AvgIpc) is 3.06. The number of hydrogen-bond acceptors (Lipinski definition) is 8. The number of amides is 1.